The number of aromatic amines is 1. The molecule has 130 valence electrons. The lowest BCUT2D eigenvalue weighted by molar-refractivity contribution is -0.120. The van der Waals surface area contributed by atoms with Crippen LogP contribution in [0.2, 0.25) is 5.15 Å². The summed E-state index contributed by atoms with van der Waals surface area (Å²) in [5, 5.41) is 11.2. The zero-order valence-corrected chi connectivity index (χ0v) is 14.9. The minimum atomic E-state index is -0.702. The van der Waals surface area contributed by atoms with Crippen molar-refractivity contribution < 1.29 is 4.79 Å². The Hall–Kier alpha value is -2.03. The van der Waals surface area contributed by atoms with Gasteiger partial charge in [-0.1, -0.05) is 23.7 Å². The number of benzene rings is 1. The number of nitrogens with zero attached hydrogens (tertiary/aromatic N) is 2. The van der Waals surface area contributed by atoms with Crippen LogP contribution in [-0.2, 0) is 11.2 Å². The highest BCUT2D eigenvalue weighted by molar-refractivity contribution is 6.32. The molecule has 25 heavy (non-hydrogen) atoms. The van der Waals surface area contributed by atoms with E-state index in [1.807, 2.05) is 0 Å². The number of primary amides is 1. The minimum Gasteiger partial charge on any atom is -0.369 e. The Bertz CT molecular complexity index is 883. The van der Waals surface area contributed by atoms with E-state index < -0.39 is 11.8 Å². The molecule has 2 heterocycles. The summed E-state index contributed by atoms with van der Waals surface area (Å²) in [7, 11) is 2.13. The number of carbonyl (C=O) groups excluding carboxylic acids is 1. The van der Waals surface area contributed by atoms with Crippen LogP contribution in [0.5, 0.6) is 0 Å². The number of piperidine rings is 1. The molecule has 5 nitrogen and oxygen atoms in total. The van der Waals surface area contributed by atoms with Gasteiger partial charge in [-0.3, -0.25) is 4.79 Å². The van der Waals surface area contributed by atoms with Gasteiger partial charge in [0.05, 0.1) is 6.07 Å². The molecule has 1 aromatic heterocycles. The lowest BCUT2D eigenvalue weighted by Gasteiger charge is -2.46. The van der Waals surface area contributed by atoms with E-state index in [2.05, 4.69) is 41.2 Å². The quantitative estimate of drug-likeness (QED) is 0.886. The number of nitrogens with one attached hydrogen (secondary N) is 1. The number of amides is 1. The highest BCUT2D eigenvalue weighted by Gasteiger charge is 2.40. The van der Waals surface area contributed by atoms with E-state index in [9.17, 15) is 10.1 Å². The second-order valence-electron chi connectivity index (χ2n) is 7.43. The summed E-state index contributed by atoms with van der Waals surface area (Å²) in [6.07, 6.45) is 2.44. The van der Waals surface area contributed by atoms with Crippen molar-refractivity contribution in [3.8, 4) is 6.07 Å². The molecule has 2 unspecified atom stereocenters. The largest absolute Gasteiger partial charge is 0.369 e. The van der Waals surface area contributed by atoms with E-state index in [-0.39, 0.29) is 5.92 Å². The van der Waals surface area contributed by atoms with E-state index in [4.69, 9.17) is 17.3 Å². The number of hydrogen-bond donors (Lipinski definition) is 2. The standard InChI is InChI=1S/C19H21ClN4O/c1-24-9-10(5-11(8-21)19(22)25)6-13-12-3-2-4-15-17(12)14(7-16(13)24)18(20)23-15/h2-4,10-11,13,16,23H,5-7,9H2,1H3,(H2,22,25)/t10?,11?,13-,16-/m1/s1. The SMILES string of the molecule is CN1CC(CC(C#N)C(N)=O)C[C@@H]2c3cccc4[nH]c(Cl)c(c34)C[C@H]21. The van der Waals surface area contributed by atoms with Crippen LogP contribution >= 0.6 is 11.6 Å². The molecule has 1 saturated heterocycles. The van der Waals surface area contributed by atoms with Gasteiger partial charge in [0, 0.05) is 29.4 Å². The molecule has 1 amide bonds. The number of fused-ring (bicyclic) bond motifs is 2. The molecule has 0 bridgehead atoms. The third-order valence-electron chi connectivity index (χ3n) is 5.95. The number of H-pyrrole nitrogens is 1. The lowest BCUT2D eigenvalue weighted by atomic mass is 9.71. The molecule has 0 radical (unpaired) electrons. The zero-order valence-electron chi connectivity index (χ0n) is 14.1. The van der Waals surface area contributed by atoms with Gasteiger partial charge in [-0.2, -0.15) is 5.26 Å². The molecule has 0 saturated carbocycles. The van der Waals surface area contributed by atoms with Crippen LogP contribution in [-0.4, -0.2) is 35.4 Å². The molecular weight excluding hydrogens is 336 g/mol. The summed E-state index contributed by atoms with van der Waals surface area (Å²) < 4.78 is 0. The van der Waals surface area contributed by atoms with Crippen LogP contribution in [0.4, 0.5) is 0 Å². The van der Waals surface area contributed by atoms with Gasteiger partial charge in [0.25, 0.3) is 0 Å². The maximum absolute atomic E-state index is 11.5. The van der Waals surface area contributed by atoms with Gasteiger partial charge in [-0.15, -0.1) is 0 Å². The first-order chi connectivity index (χ1) is 12.0. The second-order valence-corrected chi connectivity index (χ2v) is 7.80. The summed E-state index contributed by atoms with van der Waals surface area (Å²) in [5.41, 5.74) is 9.00. The monoisotopic (exact) mass is 356 g/mol. The zero-order chi connectivity index (χ0) is 17.7. The number of halogens is 1. The van der Waals surface area contributed by atoms with Gasteiger partial charge in [0.15, 0.2) is 0 Å². The third-order valence-corrected chi connectivity index (χ3v) is 6.28. The number of likely N-dealkylation sites (N-methyl/N-ethyl adjacent to an activating group) is 1. The summed E-state index contributed by atoms with van der Waals surface area (Å²) in [6, 6.07) is 8.79. The summed E-state index contributed by atoms with van der Waals surface area (Å²) >= 11 is 6.44. The molecule has 6 heteroatoms. The first kappa shape index (κ1) is 16.4. The smallest absolute Gasteiger partial charge is 0.234 e. The Kier molecular flexibility index (Phi) is 3.98. The van der Waals surface area contributed by atoms with Crippen molar-refractivity contribution in [1.29, 1.82) is 5.26 Å². The van der Waals surface area contributed by atoms with Crippen molar-refractivity contribution in [2.75, 3.05) is 13.6 Å². The van der Waals surface area contributed by atoms with E-state index in [1.165, 1.54) is 16.5 Å². The van der Waals surface area contributed by atoms with E-state index in [1.54, 1.807) is 0 Å². The molecule has 2 aromatic rings. The van der Waals surface area contributed by atoms with Crippen LogP contribution in [0.25, 0.3) is 10.9 Å². The Morgan fingerprint density at radius 3 is 3.08 bits per heavy atom. The maximum atomic E-state index is 11.5. The average molecular weight is 357 g/mol. The van der Waals surface area contributed by atoms with Crippen LogP contribution < -0.4 is 5.73 Å². The third kappa shape index (κ3) is 2.61. The highest BCUT2D eigenvalue weighted by Crippen LogP contribution is 2.46. The highest BCUT2D eigenvalue weighted by atomic mass is 35.5. The maximum Gasteiger partial charge on any atom is 0.234 e. The molecule has 1 aliphatic heterocycles. The normalized spacial score (nSPS) is 26.8. The number of aromatic nitrogens is 1. The number of likely N-dealkylation sites (tertiary alicyclic amines) is 1. The van der Waals surface area contributed by atoms with Crippen molar-refractivity contribution in [1.82, 2.24) is 9.88 Å². The van der Waals surface area contributed by atoms with Crippen molar-refractivity contribution in [3.05, 3.63) is 34.5 Å². The van der Waals surface area contributed by atoms with Crippen LogP contribution in [0.3, 0.4) is 0 Å². The van der Waals surface area contributed by atoms with Crippen molar-refractivity contribution in [2.45, 2.75) is 31.2 Å². The number of nitrogens with two attached hydrogens (primary N) is 1. The lowest BCUT2D eigenvalue weighted by Crippen LogP contribution is -2.48. The van der Waals surface area contributed by atoms with Crippen molar-refractivity contribution in [3.63, 3.8) is 0 Å². The molecule has 2 aliphatic rings. The van der Waals surface area contributed by atoms with Crippen LogP contribution in [0, 0.1) is 23.2 Å². The molecule has 1 fully saturated rings. The molecule has 3 N–H and O–H groups in total. The first-order valence-electron chi connectivity index (χ1n) is 8.67. The van der Waals surface area contributed by atoms with Crippen LogP contribution in [0.15, 0.2) is 18.2 Å². The van der Waals surface area contributed by atoms with Gasteiger partial charge in [0.2, 0.25) is 5.91 Å². The number of nitriles is 1. The predicted molar refractivity (Wildman–Crippen MR) is 97.2 cm³/mol. The molecule has 1 aliphatic carbocycles. The van der Waals surface area contributed by atoms with Gasteiger partial charge >= 0.3 is 0 Å². The van der Waals surface area contributed by atoms with Crippen LogP contribution in [0.1, 0.15) is 29.9 Å². The van der Waals surface area contributed by atoms with Crippen molar-refractivity contribution >= 4 is 28.4 Å². The fourth-order valence-electron chi connectivity index (χ4n) is 4.83. The Balaban J connectivity index is 1.69. The van der Waals surface area contributed by atoms with Gasteiger partial charge < -0.3 is 15.6 Å². The molecular formula is C19H21ClN4O. The molecule has 1 aromatic carbocycles. The average Bonchev–Trinajstić information content (AvgIpc) is 2.90. The van der Waals surface area contributed by atoms with E-state index in [0.29, 0.717) is 18.4 Å². The Morgan fingerprint density at radius 2 is 2.36 bits per heavy atom. The molecule has 4 atom stereocenters. The fraction of sp³-hybridized carbons (Fsp3) is 0.474. The van der Waals surface area contributed by atoms with E-state index in [0.717, 1.165) is 30.1 Å². The summed E-state index contributed by atoms with van der Waals surface area (Å²) in [5.74, 6) is -0.544. The second kappa shape index (κ2) is 6.05. The first-order valence-corrected chi connectivity index (χ1v) is 9.05. The number of rotatable bonds is 3. The Morgan fingerprint density at radius 1 is 1.56 bits per heavy atom. The Labute approximate surface area is 151 Å². The van der Waals surface area contributed by atoms with Gasteiger partial charge in [0.1, 0.15) is 11.1 Å². The van der Waals surface area contributed by atoms with E-state index >= 15 is 0 Å². The predicted octanol–water partition coefficient (Wildman–Crippen LogP) is 2.80. The molecule has 4 rings (SSSR count). The topological polar surface area (TPSA) is 85.9 Å². The molecule has 0 spiro atoms. The fourth-order valence-corrected chi connectivity index (χ4v) is 5.11. The summed E-state index contributed by atoms with van der Waals surface area (Å²) in [6.45, 7) is 0.875. The van der Waals surface area contributed by atoms with Gasteiger partial charge in [-0.05, 0) is 49.4 Å². The number of carbonyl (C=O) groups is 1. The minimum absolute atomic E-state index is 0.287. The van der Waals surface area contributed by atoms with Gasteiger partial charge in [-0.25, -0.2) is 0 Å². The summed E-state index contributed by atoms with van der Waals surface area (Å²) in [4.78, 5) is 17.1. The number of hydrogen-bond acceptors (Lipinski definition) is 3. The van der Waals surface area contributed by atoms with Crippen molar-refractivity contribution in [2.24, 2.45) is 17.6 Å².